The highest BCUT2D eigenvalue weighted by Gasteiger charge is 2.08. The van der Waals surface area contributed by atoms with Gasteiger partial charge in [0.25, 0.3) is 0 Å². The van der Waals surface area contributed by atoms with Crippen LogP contribution in [0, 0.1) is 0 Å². The summed E-state index contributed by atoms with van der Waals surface area (Å²) in [6, 6.07) is 7.46. The quantitative estimate of drug-likeness (QED) is 0.499. The van der Waals surface area contributed by atoms with Gasteiger partial charge in [0.2, 0.25) is 5.91 Å². The van der Waals surface area contributed by atoms with Crippen LogP contribution in [-0.4, -0.2) is 41.7 Å². The van der Waals surface area contributed by atoms with E-state index in [9.17, 15) is 9.59 Å². The fourth-order valence-electron chi connectivity index (χ4n) is 2.04. The molecule has 0 aliphatic carbocycles. The fraction of sp³-hybridized carbons (Fsp3) is 0.312. The molecule has 0 radical (unpaired) electrons. The highest BCUT2D eigenvalue weighted by molar-refractivity contribution is 7.14. The van der Waals surface area contributed by atoms with Gasteiger partial charge in [-0.2, -0.15) is 0 Å². The van der Waals surface area contributed by atoms with Crippen LogP contribution in [0.1, 0.15) is 12.8 Å². The third-order valence-electron chi connectivity index (χ3n) is 3.26. The second-order valence-electron chi connectivity index (χ2n) is 5.16. The summed E-state index contributed by atoms with van der Waals surface area (Å²) in [5.74, 6) is -0.138. The van der Waals surface area contributed by atoms with Crippen LogP contribution in [0.2, 0.25) is 5.02 Å². The normalized spacial score (nSPS) is 10.3. The van der Waals surface area contributed by atoms with Crippen LogP contribution < -0.4 is 16.0 Å². The molecule has 134 valence electrons. The lowest BCUT2D eigenvalue weighted by atomic mass is 10.2. The second-order valence-corrected chi connectivity index (χ2v) is 6.43. The molecule has 0 bridgehead atoms. The molecule has 0 spiro atoms. The van der Waals surface area contributed by atoms with Gasteiger partial charge in [-0.05, 0) is 18.9 Å². The number of carboxylic acid groups (broad SMARTS) is 1. The number of amides is 2. The summed E-state index contributed by atoms with van der Waals surface area (Å²) >= 11 is 7.56. The molecule has 9 heteroatoms. The Bertz CT molecular complexity index is 723. The number of carbonyl (C=O) groups is 2. The van der Waals surface area contributed by atoms with E-state index in [-0.39, 0.29) is 12.5 Å². The van der Waals surface area contributed by atoms with E-state index in [4.69, 9.17) is 16.7 Å². The molecule has 4 N–H and O–H groups in total. The van der Waals surface area contributed by atoms with Crippen LogP contribution in [-0.2, 0) is 4.79 Å². The van der Waals surface area contributed by atoms with Gasteiger partial charge in [-0.3, -0.25) is 4.79 Å². The van der Waals surface area contributed by atoms with Crippen molar-refractivity contribution in [2.75, 3.05) is 25.0 Å². The number of aromatic nitrogens is 1. The number of hydrogen-bond acceptors (Lipinski definition) is 5. The summed E-state index contributed by atoms with van der Waals surface area (Å²) in [5, 5.41) is 19.6. The molecule has 1 aromatic heterocycles. The van der Waals surface area contributed by atoms with Gasteiger partial charge in [-0.25, -0.2) is 9.78 Å². The third-order valence-corrected chi connectivity index (χ3v) is 4.39. The van der Waals surface area contributed by atoms with Gasteiger partial charge in [0.1, 0.15) is 0 Å². The van der Waals surface area contributed by atoms with Gasteiger partial charge in [-0.1, -0.05) is 29.8 Å². The Morgan fingerprint density at radius 2 is 1.88 bits per heavy atom. The molecular formula is C16H19ClN4O3S. The molecule has 0 saturated heterocycles. The lowest BCUT2D eigenvalue weighted by Crippen LogP contribution is -2.31. The lowest BCUT2D eigenvalue weighted by Gasteiger charge is -2.06. The van der Waals surface area contributed by atoms with Crippen LogP contribution in [0.25, 0.3) is 11.3 Å². The van der Waals surface area contributed by atoms with Crippen LogP contribution in [0.15, 0.2) is 29.6 Å². The highest BCUT2D eigenvalue weighted by atomic mass is 35.5. The van der Waals surface area contributed by atoms with Crippen molar-refractivity contribution in [1.29, 1.82) is 0 Å². The zero-order chi connectivity index (χ0) is 18.1. The molecular weight excluding hydrogens is 364 g/mol. The summed E-state index contributed by atoms with van der Waals surface area (Å²) < 4.78 is 0. The zero-order valence-corrected chi connectivity index (χ0v) is 15.0. The molecule has 0 fully saturated rings. The molecule has 2 rings (SSSR count). The smallest absolute Gasteiger partial charge is 0.404 e. The number of hydrogen-bond donors (Lipinski definition) is 4. The van der Waals surface area contributed by atoms with Crippen molar-refractivity contribution < 1.29 is 14.7 Å². The van der Waals surface area contributed by atoms with Gasteiger partial charge < -0.3 is 21.1 Å². The largest absolute Gasteiger partial charge is 0.465 e. The predicted octanol–water partition coefficient (Wildman–Crippen LogP) is 3.04. The maximum atomic E-state index is 11.8. The number of thiazole rings is 1. The number of nitrogens with one attached hydrogen (secondary N) is 3. The number of anilines is 1. The third kappa shape index (κ3) is 6.60. The lowest BCUT2D eigenvalue weighted by molar-refractivity contribution is -0.119. The predicted molar refractivity (Wildman–Crippen MR) is 99.3 cm³/mol. The van der Waals surface area contributed by atoms with E-state index in [1.165, 1.54) is 11.3 Å². The minimum atomic E-state index is -1.03. The van der Waals surface area contributed by atoms with E-state index >= 15 is 0 Å². The number of unbranched alkanes of at least 4 members (excludes halogenated alkanes) is 1. The Labute approximate surface area is 154 Å². The number of nitrogens with zero attached hydrogens (tertiary/aromatic N) is 1. The first-order valence-corrected chi connectivity index (χ1v) is 9.00. The summed E-state index contributed by atoms with van der Waals surface area (Å²) in [5.41, 5.74) is 1.62. The molecule has 0 atom stereocenters. The van der Waals surface area contributed by atoms with E-state index in [0.717, 1.165) is 11.3 Å². The molecule has 0 saturated carbocycles. The van der Waals surface area contributed by atoms with E-state index < -0.39 is 6.09 Å². The Balaban J connectivity index is 1.69. The molecule has 0 unspecified atom stereocenters. The van der Waals surface area contributed by atoms with E-state index in [1.54, 1.807) is 0 Å². The molecule has 25 heavy (non-hydrogen) atoms. The zero-order valence-electron chi connectivity index (χ0n) is 13.4. The van der Waals surface area contributed by atoms with Crippen molar-refractivity contribution in [1.82, 2.24) is 15.6 Å². The minimum absolute atomic E-state index is 0.128. The van der Waals surface area contributed by atoms with Crippen molar-refractivity contribution in [3.8, 4) is 11.3 Å². The van der Waals surface area contributed by atoms with Gasteiger partial charge in [0.15, 0.2) is 5.13 Å². The monoisotopic (exact) mass is 382 g/mol. The second kappa shape index (κ2) is 9.85. The SMILES string of the molecule is O=C(O)NCCCCNC(=O)CNc1nc(-c2ccccc2Cl)cs1. The number of rotatable bonds is 9. The molecule has 1 heterocycles. The average molecular weight is 383 g/mol. The first kappa shape index (κ1) is 19.0. The van der Waals surface area contributed by atoms with Gasteiger partial charge >= 0.3 is 6.09 Å². The highest BCUT2D eigenvalue weighted by Crippen LogP contribution is 2.30. The summed E-state index contributed by atoms with van der Waals surface area (Å²) in [6.45, 7) is 1.01. The van der Waals surface area contributed by atoms with Crippen molar-refractivity contribution >= 4 is 40.1 Å². The Hall–Kier alpha value is -2.32. The van der Waals surface area contributed by atoms with Crippen LogP contribution in [0.4, 0.5) is 9.93 Å². The fourth-order valence-corrected chi connectivity index (χ4v) is 2.98. The average Bonchev–Trinajstić information content (AvgIpc) is 3.05. The number of carbonyl (C=O) groups excluding carboxylic acids is 1. The molecule has 0 aliphatic heterocycles. The molecule has 7 nitrogen and oxygen atoms in total. The van der Waals surface area contributed by atoms with E-state index in [2.05, 4.69) is 20.9 Å². The Morgan fingerprint density at radius 1 is 1.16 bits per heavy atom. The van der Waals surface area contributed by atoms with Crippen LogP contribution in [0.3, 0.4) is 0 Å². The molecule has 2 amide bonds. The van der Waals surface area contributed by atoms with E-state index in [1.807, 2.05) is 29.6 Å². The van der Waals surface area contributed by atoms with Gasteiger partial charge in [0, 0.05) is 29.1 Å². The Kier molecular flexibility index (Phi) is 7.49. The van der Waals surface area contributed by atoms with Gasteiger partial charge in [-0.15, -0.1) is 11.3 Å². The maximum absolute atomic E-state index is 11.8. The van der Waals surface area contributed by atoms with Crippen LogP contribution in [0.5, 0.6) is 0 Å². The molecule has 1 aromatic carbocycles. The van der Waals surface area contributed by atoms with Crippen molar-refractivity contribution in [2.24, 2.45) is 0 Å². The summed E-state index contributed by atoms with van der Waals surface area (Å²) in [6.07, 6.45) is 0.348. The molecule has 0 aliphatic rings. The number of halogens is 1. The number of benzene rings is 1. The Morgan fingerprint density at radius 3 is 2.60 bits per heavy atom. The first-order valence-electron chi connectivity index (χ1n) is 7.74. The first-order chi connectivity index (χ1) is 12.1. The van der Waals surface area contributed by atoms with E-state index in [0.29, 0.717) is 36.1 Å². The van der Waals surface area contributed by atoms with Gasteiger partial charge in [0.05, 0.1) is 12.2 Å². The topological polar surface area (TPSA) is 103 Å². The van der Waals surface area contributed by atoms with Crippen LogP contribution >= 0.6 is 22.9 Å². The summed E-state index contributed by atoms with van der Waals surface area (Å²) in [7, 11) is 0. The maximum Gasteiger partial charge on any atom is 0.404 e. The minimum Gasteiger partial charge on any atom is -0.465 e. The molecule has 2 aromatic rings. The van der Waals surface area contributed by atoms with Crippen molar-refractivity contribution in [3.05, 3.63) is 34.7 Å². The van der Waals surface area contributed by atoms with Crippen molar-refractivity contribution in [3.63, 3.8) is 0 Å². The standard InChI is InChI=1S/C16H19ClN4O3S/c17-12-6-2-1-5-11(12)13-10-25-15(21-13)20-9-14(22)18-7-3-4-8-19-16(23)24/h1-2,5-6,10,19H,3-4,7-9H2,(H,18,22)(H,20,21)(H,23,24). The summed E-state index contributed by atoms with van der Waals surface area (Å²) in [4.78, 5) is 26.5. The van der Waals surface area contributed by atoms with Crippen molar-refractivity contribution in [2.45, 2.75) is 12.8 Å².